The van der Waals surface area contributed by atoms with Crippen LogP contribution in [-0.2, 0) is 22.5 Å². The lowest BCUT2D eigenvalue weighted by molar-refractivity contribution is -0.116. The van der Waals surface area contributed by atoms with Crippen molar-refractivity contribution in [1.82, 2.24) is 9.88 Å². The van der Waals surface area contributed by atoms with E-state index in [1.807, 2.05) is 42.5 Å². The summed E-state index contributed by atoms with van der Waals surface area (Å²) >= 11 is 0. The Hall–Kier alpha value is -3.16. The number of aromatic nitrogens is 1. The zero-order chi connectivity index (χ0) is 21.5. The van der Waals surface area contributed by atoms with Crippen LogP contribution in [0.15, 0.2) is 59.1 Å². The van der Waals surface area contributed by atoms with Gasteiger partial charge in [-0.1, -0.05) is 12.1 Å². The lowest BCUT2D eigenvalue weighted by Crippen LogP contribution is -2.35. The van der Waals surface area contributed by atoms with Crippen molar-refractivity contribution in [2.75, 3.05) is 38.7 Å². The predicted octanol–water partition coefficient (Wildman–Crippen LogP) is 3.75. The molecule has 0 saturated carbocycles. The second kappa shape index (κ2) is 10.2. The van der Waals surface area contributed by atoms with E-state index in [0.29, 0.717) is 24.5 Å². The number of ether oxygens (including phenoxy) is 2. The fraction of sp³-hybridized carbons (Fsp3) is 0.333. The molecule has 0 unspecified atom stereocenters. The van der Waals surface area contributed by atoms with Gasteiger partial charge in [-0.05, 0) is 42.0 Å². The lowest BCUT2D eigenvalue weighted by atomic mass is 10.1. The first-order valence-corrected chi connectivity index (χ1v) is 10.5. The Morgan fingerprint density at radius 1 is 1.16 bits per heavy atom. The number of oxazole rings is 1. The SMILES string of the molecule is COc1ccc(-c2cnc(CCC(=O)Nc3cccc(CN4CCOCC4)c3)o2)cc1. The van der Waals surface area contributed by atoms with Gasteiger partial charge in [0.1, 0.15) is 5.75 Å². The first-order valence-electron chi connectivity index (χ1n) is 10.5. The molecule has 3 aromatic rings. The quantitative estimate of drug-likeness (QED) is 0.597. The summed E-state index contributed by atoms with van der Waals surface area (Å²) in [5.41, 5.74) is 2.90. The number of methoxy groups -OCH3 is 1. The van der Waals surface area contributed by atoms with Gasteiger partial charge in [-0.25, -0.2) is 4.98 Å². The summed E-state index contributed by atoms with van der Waals surface area (Å²) in [5, 5.41) is 2.98. The van der Waals surface area contributed by atoms with Crippen LogP contribution < -0.4 is 10.1 Å². The van der Waals surface area contributed by atoms with Crippen LogP contribution in [0.4, 0.5) is 5.69 Å². The summed E-state index contributed by atoms with van der Waals surface area (Å²) in [6.07, 6.45) is 2.43. The van der Waals surface area contributed by atoms with Crippen molar-refractivity contribution in [3.63, 3.8) is 0 Å². The van der Waals surface area contributed by atoms with Crippen LogP contribution in [0.1, 0.15) is 17.9 Å². The Balaban J connectivity index is 1.28. The predicted molar refractivity (Wildman–Crippen MR) is 118 cm³/mol. The van der Waals surface area contributed by atoms with Crippen LogP contribution >= 0.6 is 0 Å². The molecule has 7 heteroatoms. The highest BCUT2D eigenvalue weighted by atomic mass is 16.5. The van der Waals surface area contributed by atoms with E-state index in [4.69, 9.17) is 13.9 Å². The van der Waals surface area contributed by atoms with Crippen LogP contribution in [-0.4, -0.2) is 49.2 Å². The summed E-state index contributed by atoms with van der Waals surface area (Å²) in [5.74, 6) is 1.94. The second-order valence-electron chi connectivity index (χ2n) is 7.48. The van der Waals surface area contributed by atoms with Crippen molar-refractivity contribution in [1.29, 1.82) is 0 Å². The molecular formula is C24H27N3O4. The highest BCUT2D eigenvalue weighted by molar-refractivity contribution is 5.90. The number of rotatable bonds is 8. The number of aryl methyl sites for hydroxylation is 1. The minimum absolute atomic E-state index is 0.0623. The van der Waals surface area contributed by atoms with E-state index in [0.717, 1.165) is 49.8 Å². The van der Waals surface area contributed by atoms with Crippen molar-refractivity contribution in [3.8, 4) is 17.1 Å². The Morgan fingerprint density at radius 2 is 1.97 bits per heavy atom. The second-order valence-corrected chi connectivity index (χ2v) is 7.48. The Kier molecular flexibility index (Phi) is 6.96. The first kappa shape index (κ1) is 21.1. The number of benzene rings is 2. The monoisotopic (exact) mass is 421 g/mol. The van der Waals surface area contributed by atoms with Gasteiger partial charge in [0, 0.05) is 43.7 Å². The van der Waals surface area contributed by atoms with Gasteiger partial charge in [0.25, 0.3) is 0 Å². The molecule has 1 aliphatic rings. The van der Waals surface area contributed by atoms with E-state index in [2.05, 4.69) is 21.3 Å². The van der Waals surface area contributed by atoms with E-state index in [-0.39, 0.29) is 5.91 Å². The minimum atomic E-state index is -0.0623. The standard InChI is InChI=1S/C24H27N3O4/c1-29-21-7-5-19(6-8-21)22-16-25-24(31-22)10-9-23(28)26-20-4-2-3-18(15-20)17-27-11-13-30-14-12-27/h2-8,15-16H,9-14,17H2,1H3,(H,26,28). The van der Waals surface area contributed by atoms with Crippen molar-refractivity contribution >= 4 is 11.6 Å². The third-order valence-corrected chi connectivity index (χ3v) is 5.21. The largest absolute Gasteiger partial charge is 0.497 e. The summed E-state index contributed by atoms with van der Waals surface area (Å²) in [4.78, 5) is 19.1. The Morgan fingerprint density at radius 3 is 2.74 bits per heavy atom. The molecule has 1 N–H and O–H groups in total. The van der Waals surface area contributed by atoms with E-state index >= 15 is 0 Å². The number of carbonyl (C=O) groups excluding carboxylic acids is 1. The van der Waals surface area contributed by atoms with Crippen molar-refractivity contribution in [3.05, 3.63) is 66.2 Å². The zero-order valence-corrected chi connectivity index (χ0v) is 17.7. The molecule has 4 rings (SSSR count). The first-order chi connectivity index (χ1) is 15.2. The van der Waals surface area contributed by atoms with Crippen molar-refractivity contribution < 1.29 is 18.7 Å². The molecule has 0 bridgehead atoms. The molecule has 31 heavy (non-hydrogen) atoms. The van der Waals surface area contributed by atoms with Gasteiger partial charge in [-0.3, -0.25) is 9.69 Å². The maximum Gasteiger partial charge on any atom is 0.224 e. The minimum Gasteiger partial charge on any atom is -0.497 e. The van der Waals surface area contributed by atoms with Crippen molar-refractivity contribution in [2.45, 2.75) is 19.4 Å². The highest BCUT2D eigenvalue weighted by Crippen LogP contribution is 2.23. The van der Waals surface area contributed by atoms with Crippen LogP contribution in [0.3, 0.4) is 0 Å². The van der Waals surface area contributed by atoms with E-state index in [1.165, 1.54) is 5.56 Å². The lowest BCUT2D eigenvalue weighted by Gasteiger charge is -2.26. The maximum atomic E-state index is 12.4. The van der Waals surface area contributed by atoms with Gasteiger partial charge in [-0.15, -0.1) is 0 Å². The smallest absolute Gasteiger partial charge is 0.224 e. The van der Waals surface area contributed by atoms with Gasteiger partial charge >= 0.3 is 0 Å². The van der Waals surface area contributed by atoms with E-state index < -0.39 is 0 Å². The van der Waals surface area contributed by atoms with Crippen LogP contribution in [0, 0.1) is 0 Å². The average molecular weight is 421 g/mol. The molecular weight excluding hydrogens is 394 g/mol. The molecule has 1 amide bonds. The number of hydrogen-bond donors (Lipinski definition) is 1. The molecule has 162 valence electrons. The molecule has 2 heterocycles. The Labute approximate surface area is 182 Å². The number of morpholine rings is 1. The molecule has 7 nitrogen and oxygen atoms in total. The zero-order valence-electron chi connectivity index (χ0n) is 17.7. The highest BCUT2D eigenvalue weighted by Gasteiger charge is 2.12. The van der Waals surface area contributed by atoms with Gasteiger partial charge in [-0.2, -0.15) is 0 Å². The molecule has 1 aromatic heterocycles. The van der Waals surface area contributed by atoms with E-state index in [9.17, 15) is 4.79 Å². The number of amides is 1. The number of anilines is 1. The fourth-order valence-corrected chi connectivity index (χ4v) is 3.52. The molecule has 0 radical (unpaired) electrons. The van der Waals surface area contributed by atoms with Gasteiger partial charge in [0.15, 0.2) is 11.7 Å². The Bertz CT molecular complexity index is 994. The maximum absolute atomic E-state index is 12.4. The molecule has 0 aliphatic carbocycles. The third-order valence-electron chi connectivity index (χ3n) is 5.21. The average Bonchev–Trinajstić information content (AvgIpc) is 3.28. The molecule has 1 fully saturated rings. The molecule has 2 aromatic carbocycles. The van der Waals surface area contributed by atoms with Crippen LogP contribution in [0.5, 0.6) is 5.75 Å². The number of nitrogens with zero attached hydrogens (tertiary/aromatic N) is 2. The van der Waals surface area contributed by atoms with Crippen LogP contribution in [0.25, 0.3) is 11.3 Å². The van der Waals surface area contributed by atoms with Gasteiger partial charge in [0.2, 0.25) is 5.91 Å². The number of nitrogens with one attached hydrogen (secondary N) is 1. The summed E-state index contributed by atoms with van der Waals surface area (Å²) in [7, 11) is 1.63. The van der Waals surface area contributed by atoms with Gasteiger partial charge < -0.3 is 19.2 Å². The topological polar surface area (TPSA) is 76.8 Å². The summed E-state index contributed by atoms with van der Waals surface area (Å²) in [6.45, 7) is 4.28. The fourth-order valence-electron chi connectivity index (χ4n) is 3.52. The molecule has 0 atom stereocenters. The normalized spacial score (nSPS) is 14.4. The van der Waals surface area contributed by atoms with E-state index in [1.54, 1.807) is 13.3 Å². The van der Waals surface area contributed by atoms with Crippen LogP contribution in [0.2, 0.25) is 0 Å². The third kappa shape index (κ3) is 5.93. The molecule has 0 spiro atoms. The summed E-state index contributed by atoms with van der Waals surface area (Å²) in [6, 6.07) is 15.6. The van der Waals surface area contributed by atoms with Crippen molar-refractivity contribution in [2.24, 2.45) is 0 Å². The number of carbonyl (C=O) groups is 1. The molecule has 1 saturated heterocycles. The molecule has 1 aliphatic heterocycles. The number of hydrogen-bond acceptors (Lipinski definition) is 6. The summed E-state index contributed by atoms with van der Waals surface area (Å²) < 4.78 is 16.4. The van der Waals surface area contributed by atoms with Gasteiger partial charge in [0.05, 0.1) is 26.5 Å².